The Balaban J connectivity index is 0.00000121. The minimum absolute atomic E-state index is 0. The number of benzene rings is 1. The van der Waals surface area contributed by atoms with Crippen molar-refractivity contribution in [1.29, 1.82) is 0 Å². The van der Waals surface area contributed by atoms with Crippen LogP contribution >= 0.6 is 24.8 Å². The first-order valence-corrected chi connectivity index (χ1v) is 7.01. The van der Waals surface area contributed by atoms with Crippen LogP contribution in [0.2, 0.25) is 0 Å². The molecule has 7 heteroatoms. The summed E-state index contributed by atoms with van der Waals surface area (Å²) >= 11 is 0. The van der Waals surface area contributed by atoms with Gasteiger partial charge in [-0.15, -0.1) is 24.8 Å². The Kier molecular flexibility index (Phi) is 7.00. The van der Waals surface area contributed by atoms with Crippen LogP contribution in [0.1, 0.15) is 5.56 Å². The number of rotatable bonds is 3. The average molecular weight is 344 g/mol. The minimum atomic E-state index is 0. The molecule has 1 saturated heterocycles. The number of hydrogen-bond donors (Lipinski definition) is 1. The second-order valence-corrected chi connectivity index (χ2v) is 5.38. The van der Waals surface area contributed by atoms with E-state index in [2.05, 4.69) is 33.2 Å². The highest BCUT2D eigenvalue weighted by molar-refractivity contribution is 5.85. The number of aromatic nitrogens is 2. The molecule has 2 N–H and O–H groups in total. The van der Waals surface area contributed by atoms with Crippen LogP contribution in [-0.2, 0) is 13.6 Å². The van der Waals surface area contributed by atoms with Crippen LogP contribution in [0, 0.1) is 0 Å². The summed E-state index contributed by atoms with van der Waals surface area (Å²) in [6.07, 6.45) is 4.01. The van der Waals surface area contributed by atoms with E-state index in [4.69, 9.17) is 5.73 Å². The fourth-order valence-electron chi connectivity index (χ4n) is 2.69. The summed E-state index contributed by atoms with van der Waals surface area (Å²) in [5.74, 6) is 0. The number of aryl methyl sites for hydroxylation is 1. The molecule has 0 bridgehead atoms. The summed E-state index contributed by atoms with van der Waals surface area (Å²) in [4.78, 5) is 4.87. The van der Waals surface area contributed by atoms with Gasteiger partial charge >= 0.3 is 0 Å². The molecule has 1 aromatic heterocycles. The van der Waals surface area contributed by atoms with E-state index in [0.717, 1.165) is 38.4 Å². The van der Waals surface area contributed by atoms with E-state index in [1.54, 1.807) is 0 Å². The lowest BCUT2D eigenvalue weighted by molar-refractivity contribution is 0.250. The zero-order valence-corrected chi connectivity index (χ0v) is 14.3. The number of nitrogens with zero attached hydrogens (tertiary/aromatic N) is 4. The lowest BCUT2D eigenvalue weighted by atomic mass is 10.1. The summed E-state index contributed by atoms with van der Waals surface area (Å²) in [6.45, 7) is 5.22. The molecule has 1 aliphatic rings. The lowest BCUT2D eigenvalue weighted by Crippen LogP contribution is -2.45. The van der Waals surface area contributed by atoms with Crippen molar-refractivity contribution in [3.8, 4) is 0 Å². The maximum Gasteiger partial charge on any atom is 0.0753 e. The molecule has 5 nitrogen and oxygen atoms in total. The van der Waals surface area contributed by atoms with E-state index >= 15 is 0 Å². The van der Waals surface area contributed by atoms with Gasteiger partial charge < -0.3 is 10.6 Å². The monoisotopic (exact) mass is 343 g/mol. The number of nitrogens with two attached hydrogens (primary N) is 1. The van der Waals surface area contributed by atoms with Gasteiger partial charge in [-0.25, -0.2) is 0 Å². The molecule has 0 radical (unpaired) electrons. The summed E-state index contributed by atoms with van der Waals surface area (Å²) in [5.41, 5.74) is 9.18. The van der Waals surface area contributed by atoms with Crippen LogP contribution in [0.3, 0.4) is 0 Å². The van der Waals surface area contributed by atoms with Crippen molar-refractivity contribution >= 4 is 36.2 Å². The SMILES string of the molecule is Cl.Cl.Cn1cc(N2CCN(Cc3cccc(N)c3)CC2)cn1. The van der Waals surface area contributed by atoms with E-state index in [-0.39, 0.29) is 24.8 Å². The maximum absolute atomic E-state index is 5.83. The fraction of sp³-hybridized carbons (Fsp3) is 0.400. The largest absolute Gasteiger partial charge is 0.399 e. The van der Waals surface area contributed by atoms with E-state index in [1.165, 1.54) is 11.3 Å². The Morgan fingerprint density at radius 1 is 1.14 bits per heavy atom. The highest BCUT2D eigenvalue weighted by Gasteiger charge is 2.18. The van der Waals surface area contributed by atoms with Gasteiger partial charge in [0.05, 0.1) is 11.9 Å². The van der Waals surface area contributed by atoms with Gasteiger partial charge in [-0.3, -0.25) is 9.58 Å². The predicted octanol–water partition coefficient (Wildman–Crippen LogP) is 2.17. The predicted molar refractivity (Wildman–Crippen MR) is 96.0 cm³/mol. The van der Waals surface area contributed by atoms with Gasteiger partial charge in [0.15, 0.2) is 0 Å². The van der Waals surface area contributed by atoms with Gasteiger partial charge in [0.2, 0.25) is 0 Å². The molecule has 0 amide bonds. The third-order valence-electron chi connectivity index (χ3n) is 3.79. The first-order valence-electron chi connectivity index (χ1n) is 7.01. The topological polar surface area (TPSA) is 50.3 Å². The van der Waals surface area contributed by atoms with Gasteiger partial charge in [0, 0.05) is 51.7 Å². The molecule has 0 unspecified atom stereocenters. The molecular formula is C15H23Cl2N5. The molecule has 1 aromatic carbocycles. The van der Waals surface area contributed by atoms with E-state index < -0.39 is 0 Å². The van der Waals surface area contributed by atoms with Gasteiger partial charge in [0.1, 0.15) is 0 Å². The number of piperazine rings is 1. The van der Waals surface area contributed by atoms with Crippen LogP contribution in [0.15, 0.2) is 36.7 Å². The van der Waals surface area contributed by atoms with Crippen molar-refractivity contribution in [2.45, 2.75) is 6.54 Å². The minimum Gasteiger partial charge on any atom is -0.399 e. The summed E-state index contributed by atoms with van der Waals surface area (Å²) < 4.78 is 1.86. The van der Waals surface area contributed by atoms with Crippen LogP contribution in [-0.4, -0.2) is 40.9 Å². The first kappa shape index (κ1) is 18.6. The Morgan fingerprint density at radius 3 is 2.45 bits per heavy atom. The molecule has 2 heterocycles. The molecule has 0 aliphatic carbocycles. The molecule has 3 rings (SSSR count). The van der Waals surface area contributed by atoms with Gasteiger partial charge in [-0.2, -0.15) is 5.10 Å². The molecule has 122 valence electrons. The molecule has 2 aromatic rings. The van der Waals surface area contributed by atoms with E-state index in [0.29, 0.717) is 0 Å². The van der Waals surface area contributed by atoms with Gasteiger partial charge in [-0.05, 0) is 17.7 Å². The van der Waals surface area contributed by atoms with Gasteiger partial charge in [-0.1, -0.05) is 12.1 Å². The number of hydrogen-bond acceptors (Lipinski definition) is 4. The zero-order chi connectivity index (χ0) is 13.9. The average Bonchev–Trinajstić information content (AvgIpc) is 2.86. The Bertz CT molecular complexity index is 579. The van der Waals surface area contributed by atoms with Crippen LogP contribution in [0.5, 0.6) is 0 Å². The Hall–Kier alpha value is -1.43. The van der Waals surface area contributed by atoms with Crippen molar-refractivity contribution in [3.63, 3.8) is 0 Å². The summed E-state index contributed by atoms with van der Waals surface area (Å²) in [7, 11) is 1.96. The lowest BCUT2D eigenvalue weighted by Gasteiger charge is -2.35. The van der Waals surface area contributed by atoms with Crippen LogP contribution in [0.25, 0.3) is 0 Å². The molecule has 0 atom stereocenters. The highest BCUT2D eigenvalue weighted by atomic mass is 35.5. The molecule has 22 heavy (non-hydrogen) atoms. The van der Waals surface area contributed by atoms with Crippen LogP contribution < -0.4 is 10.6 Å². The van der Waals surface area contributed by atoms with Crippen molar-refractivity contribution < 1.29 is 0 Å². The third kappa shape index (κ3) is 4.53. The van der Waals surface area contributed by atoms with Crippen molar-refractivity contribution in [2.75, 3.05) is 36.8 Å². The second-order valence-electron chi connectivity index (χ2n) is 5.38. The van der Waals surface area contributed by atoms with Crippen molar-refractivity contribution in [2.24, 2.45) is 7.05 Å². The Morgan fingerprint density at radius 2 is 1.86 bits per heavy atom. The smallest absolute Gasteiger partial charge is 0.0753 e. The number of anilines is 2. The molecular weight excluding hydrogens is 321 g/mol. The van der Waals surface area contributed by atoms with Gasteiger partial charge in [0.25, 0.3) is 0 Å². The fourth-order valence-corrected chi connectivity index (χ4v) is 2.69. The van der Waals surface area contributed by atoms with E-state index in [9.17, 15) is 0 Å². The Labute approximate surface area is 143 Å². The zero-order valence-electron chi connectivity index (χ0n) is 12.7. The first-order chi connectivity index (χ1) is 9.70. The maximum atomic E-state index is 5.83. The summed E-state index contributed by atoms with van der Waals surface area (Å²) in [6, 6.07) is 8.16. The van der Waals surface area contributed by atoms with Crippen LogP contribution in [0.4, 0.5) is 11.4 Å². The molecule has 1 fully saturated rings. The molecule has 0 spiro atoms. The molecule has 1 aliphatic heterocycles. The molecule has 0 saturated carbocycles. The normalized spacial score (nSPS) is 15.0. The third-order valence-corrected chi connectivity index (χ3v) is 3.79. The van der Waals surface area contributed by atoms with Crippen molar-refractivity contribution in [1.82, 2.24) is 14.7 Å². The number of nitrogen functional groups attached to an aromatic ring is 1. The van der Waals surface area contributed by atoms with E-state index in [1.807, 2.05) is 30.1 Å². The standard InChI is InChI=1S/C15H21N5.2ClH/c1-18-12-15(10-17-18)20-7-5-19(6-8-20)11-13-3-2-4-14(16)9-13;;/h2-4,9-10,12H,5-8,11,16H2,1H3;2*1H. The quantitative estimate of drug-likeness (QED) is 0.867. The summed E-state index contributed by atoms with van der Waals surface area (Å²) in [5, 5.41) is 4.24. The number of halogens is 2. The highest BCUT2D eigenvalue weighted by Crippen LogP contribution is 2.16. The van der Waals surface area contributed by atoms with Crippen molar-refractivity contribution in [3.05, 3.63) is 42.2 Å². The second kappa shape index (κ2) is 8.27.